The van der Waals surface area contributed by atoms with E-state index in [-0.39, 0.29) is 6.54 Å². The molecular weight excluding hydrogens is 303 g/mol. The minimum Gasteiger partial charge on any atom is -0.352 e. The van der Waals surface area contributed by atoms with Gasteiger partial charge in [-0.25, -0.2) is 0 Å². The van der Waals surface area contributed by atoms with Crippen molar-refractivity contribution in [2.24, 2.45) is 0 Å². The molecule has 0 spiro atoms. The Morgan fingerprint density at radius 3 is 2.62 bits per heavy atom. The van der Waals surface area contributed by atoms with Crippen LogP contribution in [0.25, 0.3) is 5.57 Å². The maximum absolute atomic E-state index is 12.6. The molecule has 21 heavy (non-hydrogen) atoms. The number of amides is 1. The van der Waals surface area contributed by atoms with E-state index in [9.17, 15) is 22.2 Å². The van der Waals surface area contributed by atoms with E-state index in [0.29, 0.717) is 16.9 Å². The molecule has 1 N–H and O–H groups in total. The Morgan fingerprint density at radius 2 is 2.05 bits per heavy atom. The molecular formula is C14H16F3NO2S. The summed E-state index contributed by atoms with van der Waals surface area (Å²) in [7, 11) is -1.00. The topological polar surface area (TPSA) is 46.2 Å². The van der Waals surface area contributed by atoms with Gasteiger partial charge in [-0.1, -0.05) is 12.1 Å². The molecule has 0 aliphatic heterocycles. The Kier molecular flexibility index (Phi) is 6.14. The molecule has 0 bridgehead atoms. The first-order chi connectivity index (χ1) is 9.70. The van der Waals surface area contributed by atoms with Crippen molar-refractivity contribution in [1.82, 2.24) is 5.32 Å². The number of benzene rings is 1. The second-order valence-corrected chi connectivity index (χ2v) is 6.03. The van der Waals surface area contributed by atoms with Crippen molar-refractivity contribution >= 4 is 22.3 Å². The van der Waals surface area contributed by atoms with Crippen molar-refractivity contribution in [3.8, 4) is 0 Å². The van der Waals surface area contributed by atoms with Crippen molar-refractivity contribution in [1.29, 1.82) is 0 Å². The molecule has 0 unspecified atom stereocenters. The summed E-state index contributed by atoms with van der Waals surface area (Å²) in [6.07, 6.45) is -1.66. The van der Waals surface area contributed by atoms with E-state index in [1.165, 1.54) is 24.5 Å². The Hall–Kier alpha value is -1.63. The predicted octanol–water partition coefficient (Wildman–Crippen LogP) is 2.60. The zero-order valence-electron chi connectivity index (χ0n) is 11.7. The highest BCUT2D eigenvalue weighted by Gasteiger charge is 2.30. The quantitative estimate of drug-likeness (QED) is 0.848. The Bertz CT molecular complexity index is 568. The average Bonchev–Trinajstić information content (AvgIpc) is 2.37. The summed E-state index contributed by atoms with van der Waals surface area (Å²) in [5.74, 6) is -0.0855. The third-order valence-electron chi connectivity index (χ3n) is 2.68. The number of nitrogens with one attached hydrogen (secondary N) is 1. The number of hydrogen-bond donors (Lipinski definition) is 1. The lowest BCUT2D eigenvalue weighted by atomic mass is 10.0. The number of allylic oxidation sites excluding steroid dienone is 1. The van der Waals surface area contributed by atoms with Gasteiger partial charge in [0.15, 0.2) is 0 Å². The largest absolute Gasteiger partial charge is 0.416 e. The van der Waals surface area contributed by atoms with Crippen LogP contribution in [0.4, 0.5) is 13.2 Å². The van der Waals surface area contributed by atoms with Crippen LogP contribution >= 0.6 is 0 Å². The third-order valence-corrected chi connectivity index (χ3v) is 3.46. The minimum absolute atomic E-state index is 0.258. The lowest BCUT2D eigenvalue weighted by Crippen LogP contribution is -2.25. The van der Waals surface area contributed by atoms with Gasteiger partial charge in [0, 0.05) is 35.4 Å². The van der Waals surface area contributed by atoms with Crippen molar-refractivity contribution in [2.45, 2.75) is 13.1 Å². The lowest BCUT2D eigenvalue weighted by Gasteiger charge is -2.09. The number of halogens is 3. The van der Waals surface area contributed by atoms with E-state index in [1.807, 2.05) is 0 Å². The van der Waals surface area contributed by atoms with E-state index >= 15 is 0 Å². The number of hydrogen-bond acceptors (Lipinski definition) is 2. The molecule has 0 radical (unpaired) electrons. The van der Waals surface area contributed by atoms with E-state index in [2.05, 4.69) is 5.32 Å². The van der Waals surface area contributed by atoms with Crippen LogP contribution in [-0.2, 0) is 21.8 Å². The normalized spacial score (nSPS) is 13.9. The Balaban J connectivity index is 2.78. The summed E-state index contributed by atoms with van der Waals surface area (Å²) < 4.78 is 48.7. The van der Waals surface area contributed by atoms with Crippen LogP contribution in [0.3, 0.4) is 0 Å². The zero-order valence-corrected chi connectivity index (χ0v) is 12.5. The van der Waals surface area contributed by atoms with E-state index < -0.39 is 28.4 Å². The number of rotatable bonds is 5. The summed E-state index contributed by atoms with van der Waals surface area (Å²) >= 11 is 0. The van der Waals surface area contributed by atoms with Crippen LogP contribution < -0.4 is 5.32 Å². The summed E-state index contributed by atoms with van der Waals surface area (Å²) in [5.41, 5.74) is 0.00445. The number of carbonyl (C=O) groups excluding carboxylic acids is 1. The molecule has 0 heterocycles. The van der Waals surface area contributed by atoms with Crippen LogP contribution in [0, 0.1) is 0 Å². The van der Waals surface area contributed by atoms with Crippen LogP contribution in [-0.4, -0.2) is 28.7 Å². The molecule has 1 rings (SSSR count). The molecule has 0 saturated heterocycles. The van der Waals surface area contributed by atoms with Crippen LogP contribution in [0.2, 0.25) is 0 Å². The smallest absolute Gasteiger partial charge is 0.352 e. The maximum atomic E-state index is 12.6. The van der Waals surface area contributed by atoms with Gasteiger partial charge >= 0.3 is 6.18 Å². The van der Waals surface area contributed by atoms with Gasteiger partial charge in [-0.2, -0.15) is 13.2 Å². The molecule has 1 amide bonds. The Labute approximate surface area is 123 Å². The lowest BCUT2D eigenvalue weighted by molar-refractivity contribution is -0.137. The van der Waals surface area contributed by atoms with Gasteiger partial charge in [-0.05, 0) is 30.2 Å². The van der Waals surface area contributed by atoms with Crippen LogP contribution in [0.5, 0.6) is 0 Å². The van der Waals surface area contributed by atoms with Gasteiger partial charge in [-0.15, -0.1) is 0 Å². The van der Waals surface area contributed by atoms with Gasteiger partial charge in [0.25, 0.3) is 0 Å². The fourth-order valence-corrected chi connectivity index (χ4v) is 1.98. The first kappa shape index (κ1) is 17.4. The minimum atomic E-state index is -4.41. The van der Waals surface area contributed by atoms with Gasteiger partial charge in [0.1, 0.15) is 0 Å². The van der Waals surface area contributed by atoms with E-state index in [0.717, 1.165) is 12.1 Å². The number of carbonyl (C=O) groups is 1. The highest BCUT2D eigenvalue weighted by atomic mass is 32.2. The molecule has 3 nitrogen and oxygen atoms in total. The fourth-order valence-electron chi connectivity index (χ4n) is 1.59. The van der Waals surface area contributed by atoms with E-state index in [4.69, 9.17) is 0 Å². The van der Waals surface area contributed by atoms with E-state index in [1.54, 1.807) is 6.92 Å². The molecule has 0 aliphatic rings. The highest BCUT2D eigenvalue weighted by molar-refractivity contribution is 7.84. The predicted molar refractivity (Wildman–Crippen MR) is 77.0 cm³/mol. The highest BCUT2D eigenvalue weighted by Crippen LogP contribution is 2.30. The molecule has 7 heteroatoms. The SMILES string of the molecule is C/C(=C\C(=O)NCC[S@](C)=O)c1cccc(C(F)(F)F)c1. The molecule has 0 aromatic heterocycles. The number of alkyl halides is 3. The maximum Gasteiger partial charge on any atom is 0.416 e. The zero-order chi connectivity index (χ0) is 16.0. The van der Waals surface area contributed by atoms with Crippen molar-refractivity contribution in [3.05, 3.63) is 41.5 Å². The van der Waals surface area contributed by atoms with Crippen molar-refractivity contribution in [3.63, 3.8) is 0 Å². The first-order valence-electron chi connectivity index (χ1n) is 6.14. The molecule has 1 aromatic rings. The summed E-state index contributed by atoms with van der Waals surface area (Å²) in [6.45, 7) is 1.82. The molecule has 1 aromatic carbocycles. The standard InChI is InChI=1S/C14H16F3NO2S/c1-10(8-13(19)18-6-7-21(2)20)11-4-3-5-12(9-11)14(15,16)17/h3-5,8-9H,6-7H2,1-2H3,(H,18,19)/b10-8+/t21-/m0/s1. The molecule has 0 saturated carbocycles. The molecule has 0 fully saturated rings. The summed E-state index contributed by atoms with van der Waals surface area (Å²) in [6, 6.07) is 4.79. The fraction of sp³-hybridized carbons (Fsp3) is 0.357. The second-order valence-electron chi connectivity index (χ2n) is 4.47. The van der Waals surface area contributed by atoms with Gasteiger partial charge < -0.3 is 5.32 Å². The monoisotopic (exact) mass is 319 g/mol. The third kappa shape index (κ3) is 6.12. The van der Waals surface area contributed by atoms with Crippen LogP contribution in [0.15, 0.2) is 30.3 Å². The molecule has 1 atom stereocenters. The van der Waals surface area contributed by atoms with Crippen molar-refractivity contribution < 1.29 is 22.2 Å². The van der Waals surface area contributed by atoms with Gasteiger partial charge in [-0.3, -0.25) is 9.00 Å². The molecule has 116 valence electrons. The average molecular weight is 319 g/mol. The van der Waals surface area contributed by atoms with Crippen molar-refractivity contribution in [2.75, 3.05) is 18.6 Å². The van der Waals surface area contributed by atoms with Gasteiger partial charge in [0.2, 0.25) is 5.91 Å². The summed E-state index contributed by atoms with van der Waals surface area (Å²) in [4.78, 5) is 11.6. The second kappa shape index (κ2) is 7.40. The molecule has 0 aliphatic carbocycles. The Morgan fingerprint density at radius 1 is 1.38 bits per heavy atom. The summed E-state index contributed by atoms with van der Waals surface area (Å²) in [5, 5.41) is 2.53. The van der Waals surface area contributed by atoms with Crippen LogP contribution in [0.1, 0.15) is 18.1 Å². The van der Waals surface area contributed by atoms with Gasteiger partial charge in [0.05, 0.1) is 5.56 Å². The first-order valence-corrected chi connectivity index (χ1v) is 7.86.